The molecule has 1 N–H and O–H groups in total. The molecule has 0 fully saturated rings. The van der Waals surface area contributed by atoms with Crippen LogP contribution in [0.2, 0.25) is 5.02 Å². The highest BCUT2D eigenvalue weighted by atomic mass is 35.5. The third-order valence-electron chi connectivity index (χ3n) is 5.26. The number of nitrogens with zero attached hydrogens (tertiary/aromatic N) is 4. The number of hydrogen-bond donors (Lipinski definition) is 1. The van der Waals surface area contributed by atoms with E-state index in [2.05, 4.69) is 19.7 Å². The van der Waals surface area contributed by atoms with Crippen LogP contribution >= 0.6 is 11.6 Å². The number of carbonyl (C=O) groups excluding carboxylic acids is 1. The zero-order valence-corrected chi connectivity index (χ0v) is 20.4. The molecule has 1 atom stereocenters. The van der Waals surface area contributed by atoms with Crippen molar-refractivity contribution in [3.05, 3.63) is 70.3 Å². The smallest absolute Gasteiger partial charge is 0.376 e. The van der Waals surface area contributed by atoms with Crippen LogP contribution in [0.1, 0.15) is 42.2 Å². The molecule has 1 amide bonds. The summed E-state index contributed by atoms with van der Waals surface area (Å²) >= 11 is 6.02. The second-order valence-corrected chi connectivity index (χ2v) is 9.74. The number of aromatic nitrogens is 3. The maximum absolute atomic E-state index is 12.9. The van der Waals surface area contributed by atoms with Gasteiger partial charge in [0, 0.05) is 22.7 Å². The van der Waals surface area contributed by atoms with Crippen molar-refractivity contribution in [2.75, 3.05) is 6.54 Å². The molecule has 0 bridgehead atoms. The van der Waals surface area contributed by atoms with Gasteiger partial charge in [-0.3, -0.25) is 14.4 Å². The molecule has 14 heteroatoms. The van der Waals surface area contributed by atoms with Crippen molar-refractivity contribution in [2.45, 2.75) is 31.8 Å². The van der Waals surface area contributed by atoms with E-state index in [1.807, 2.05) is 0 Å². The van der Waals surface area contributed by atoms with Crippen LogP contribution in [0, 0.1) is 6.92 Å². The molecular formula is C22H19ClF3N5O4S. The third-order valence-corrected chi connectivity index (χ3v) is 6.49. The quantitative estimate of drug-likeness (QED) is 0.374. The van der Waals surface area contributed by atoms with E-state index in [1.54, 1.807) is 42.7 Å². The average Bonchev–Trinajstić information content (AvgIpc) is 3.11. The number of aliphatic imine (C=N–C) groups is 1. The molecule has 1 aliphatic rings. The normalized spacial score (nSPS) is 15.4. The Kier molecular flexibility index (Phi) is 6.80. The lowest BCUT2D eigenvalue weighted by atomic mass is 10.00. The Hall–Kier alpha value is -3.45. The minimum absolute atomic E-state index is 0.0805. The van der Waals surface area contributed by atoms with E-state index in [0.29, 0.717) is 34.5 Å². The maximum atomic E-state index is 12.9. The SMILES string of the molecule is CCNC(=O)C[C@@H]1N=C(c2ccc(Cl)cc2)c2cc(OS(=O)(=O)C(F)(F)F)ccc2-n2c(C)nnc21. The predicted molar refractivity (Wildman–Crippen MR) is 125 cm³/mol. The molecule has 36 heavy (non-hydrogen) atoms. The summed E-state index contributed by atoms with van der Waals surface area (Å²) in [7, 11) is -5.91. The summed E-state index contributed by atoms with van der Waals surface area (Å²) < 4.78 is 68.1. The fraction of sp³-hybridized carbons (Fsp3) is 0.273. The van der Waals surface area contributed by atoms with Gasteiger partial charge >= 0.3 is 15.6 Å². The van der Waals surface area contributed by atoms with Gasteiger partial charge in [-0.2, -0.15) is 21.6 Å². The zero-order valence-electron chi connectivity index (χ0n) is 18.9. The van der Waals surface area contributed by atoms with Crippen LogP contribution in [0.25, 0.3) is 5.69 Å². The van der Waals surface area contributed by atoms with Gasteiger partial charge in [0.05, 0.1) is 17.8 Å². The van der Waals surface area contributed by atoms with Crippen LogP contribution in [-0.4, -0.2) is 46.9 Å². The van der Waals surface area contributed by atoms with E-state index < -0.39 is 27.4 Å². The Morgan fingerprint density at radius 2 is 1.86 bits per heavy atom. The van der Waals surface area contributed by atoms with Crippen LogP contribution in [0.3, 0.4) is 0 Å². The van der Waals surface area contributed by atoms with Gasteiger partial charge < -0.3 is 9.50 Å². The highest BCUT2D eigenvalue weighted by molar-refractivity contribution is 7.88. The standard InChI is InChI=1S/C22H19ClF3N5O4S/c1-3-27-19(32)11-17-21-30-29-12(2)31(21)18-9-8-15(35-36(33,34)22(24,25)26)10-16(18)20(28-17)13-4-6-14(23)7-5-13/h4-10,17H,3,11H2,1-2H3,(H,27,32)/t17-/m0/s1. The van der Waals surface area contributed by atoms with E-state index in [9.17, 15) is 26.4 Å². The first-order valence-corrected chi connectivity index (χ1v) is 12.4. The Labute approximate surface area is 209 Å². The van der Waals surface area contributed by atoms with Crippen molar-refractivity contribution in [3.63, 3.8) is 0 Å². The van der Waals surface area contributed by atoms with Gasteiger partial charge in [-0.05, 0) is 44.2 Å². The van der Waals surface area contributed by atoms with Gasteiger partial charge in [-0.1, -0.05) is 23.7 Å². The van der Waals surface area contributed by atoms with Crippen molar-refractivity contribution in [1.29, 1.82) is 0 Å². The Balaban J connectivity index is 1.94. The molecule has 190 valence electrons. The van der Waals surface area contributed by atoms with Gasteiger partial charge in [0.2, 0.25) is 5.91 Å². The minimum Gasteiger partial charge on any atom is -0.376 e. The highest BCUT2D eigenvalue weighted by Gasteiger charge is 2.48. The molecule has 4 rings (SSSR count). The van der Waals surface area contributed by atoms with E-state index in [1.165, 1.54) is 6.07 Å². The molecular weight excluding hydrogens is 523 g/mol. The Bertz CT molecular complexity index is 1450. The number of aryl methyl sites for hydroxylation is 1. The van der Waals surface area contributed by atoms with Crippen LogP contribution in [-0.2, 0) is 14.9 Å². The van der Waals surface area contributed by atoms with E-state index in [-0.39, 0.29) is 23.6 Å². The molecule has 1 aromatic heterocycles. The Morgan fingerprint density at radius 3 is 2.50 bits per heavy atom. The number of nitrogens with one attached hydrogen (secondary N) is 1. The molecule has 9 nitrogen and oxygen atoms in total. The molecule has 0 unspecified atom stereocenters. The van der Waals surface area contributed by atoms with Gasteiger partial charge in [-0.15, -0.1) is 10.2 Å². The summed E-state index contributed by atoms with van der Waals surface area (Å²) in [5, 5.41) is 11.4. The van der Waals surface area contributed by atoms with E-state index >= 15 is 0 Å². The lowest BCUT2D eigenvalue weighted by Crippen LogP contribution is -2.28. The van der Waals surface area contributed by atoms with Gasteiger partial charge in [-0.25, -0.2) is 0 Å². The number of halogens is 4. The fourth-order valence-corrected chi connectivity index (χ4v) is 4.30. The predicted octanol–water partition coefficient (Wildman–Crippen LogP) is 3.88. The number of hydrogen-bond acceptors (Lipinski definition) is 7. The second-order valence-electron chi connectivity index (χ2n) is 7.76. The monoisotopic (exact) mass is 541 g/mol. The van der Waals surface area contributed by atoms with Crippen molar-refractivity contribution >= 4 is 33.3 Å². The van der Waals surface area contributed by atoms with Crippen molar-refractivity contribution in [3.8, 4) is 11.4 Å². The van der Waals surface area contributed by atoms with Crippen LogP contribution in [0.5, 0.6) is 5.75 Å². The number of amides is 1. The first kappa shape index (κ1) is 25.6. The summed E-state index contributed by atoms with van der Waals surface area (Å²) in [6, 6.07) is 9.31. The minimum atomic E-state index is -5.91. The molecule has 3 aromatic rings. The number of rotatable bonds is 6. The average molecular weight is 542 g/mol. The van der Waals surface area contributed by atoms with Crippen LogP contribution < -0.4 is 9.50 Å². The first-order valence-electron chi connectivity index (χ1n) is 10.6. The van der Waals surface area contributed by atoms with Crippen molar-refractivity contribution in [2.24, 2.45) is 4.99 Å². The summed E-state index contributed by atoms with van der Waals surface area (Å²) in [6.07, 6.45) is -0.0805. The molecule has 1 aliphatic heterocycles. The van der Waals surface area contributed by atoms with Gasteiger partial charge in [0.15, 0.2) is 5.82 Å². The fourth-order valence-electron chi connectivity index (χ4n) is 3.72. The van der Waals surface area contributed by atoms with Crippen LogP contribution in [0.15, 0.2) is 47.5 Å². The van der Waals surface area contributed by atoms with Crippen molar-refractivity contribution in [1.82, 2.24) is 20.1 Å². The molecule has 0 spiro atoms. The van der Waals surface area contributed by atoms with Gasteiger partial charge in [0.1, 0.15) is 17.6 Å². The van der Waals surface area contributed by atoms with E-state index in [4.69, 9.17) is 16.6 Å². The number of benzene rings is 2. The number of alkyl halides is 3. The number of fused-ring (bicyclic) bond motifs is 3. The lowest BCUT2D eigenvalue weighted by Gasteiger charge is -2.15. The summed E-state index contributed by atoms with van der Waals surface area (Å²) in [5.41, 5.74) is -4.15. The van der Waals surface area contributed by atoms with Crippen LogP contribution in [0.4, 0.5) is 13.2 Å². The summed E-state index contributed by atoms with van der Waals surface area (Å²) in [4.78, 5) is 17.2. The van der Waals surface area contributed by atoms with Crippen molar-refractivity contribution < 1.29 is 30.6 Å². The molecule has 0 saturated heterocycles. The lowest BCUT2D eigenvalue weighted by molar-refractivity contribution is -0.121. The van der Waals surface area contributed by atoms with Gasteiger partial charge in [0.25, 0.3) is 0 Å². The van der Waals surface area contributed by atoms with E-state index in [0.717, 1.165) is 12.1 Å². The molecule has 2 heterocycles. The first-order chi connectivity index (χ1) is 16.9. The molecule has 0 radical (unpaired) electrons. The maximum Gasteiger partial charge on any atom is 0.534 e. The highest BCUT2D eigenvalue weighted by Crippen LogP contribution is 2.35. The molecule has 2 aromatic carbocycles. The third kappa shape index (κ3) is 4.93. The summed E-state index contributed by atoms with van der Waals surface area (Å²) in [5.74, 6) is -0.0980. The molecule has 0 aliphatic carbocycles. The number of carbonyl (C=O) groups is 1. The topological polar surface area (TPSA) is 116 Å². The zero-order chi connectivity index (χ0) is 26.3. The molecule has 0 saturated carbocycles. The second kappa shape index (κ2) is 9.54. The Morgan fingerprint density at radius 1 is 1.17 bits per heavy atom. The largest absolute Gasteiger partial charge is 0.534 e. The summed E-state index contributed by atoms with van der Waals surface area (Å²) in [6.45, 7) is 3.83.